The molecule has 0 spiro atoms. The van der Waals surface area contributed by atoms with Gasteiger partial charge in [-0.25, -0.2) is 4.98 Å². The molecule has 4 rings (SSSR count). The van der Waals surface area contributed by atoms with E-state index >= 15 is 0 Å². The maximum atomic E-state index is 11.7. The highest BCUT2D eigenvalue weighted by molar-refractivity contribution is 7.15. The Morgan fingerprint density at radius 2 is 1.98 bits per heavy atom. The Morgan fingerprint density at radius 3 is 2.70 bits per heavy atom. The fourth-order valence-corrected chi connectivity index (χ4v) is 4.93. The Labute approximate surface area is 241 Å². The van der Waals surface area contributed by atoms with E-state index < -0.39 is 12.1 Å². The topological polar surface area (TPSA) is 164 Å². The third kappa shape index (κ3) is 7.90. The number of aromatic nitrogens is 4. The molecule has 6 N–H and O–H groups in total. The molecule has 3 heterocycles. The zero-order chi connectivity index (χ0) is 28.5. The second-order valence-corrected chi connectivity index (χ2v) is 10.2. The van der Waals surface area contributed by atoms with Gasteiger partial charge in [-0.3, -0.25) is 15.0 Å². The number of hydrogen-bond acceptors (Lipinski definition) is 13. The lowest BCUT2D eigenvalue weighted by Crippen LogP contribution is -2.47. The standard InChI is InChI=1S/C25H31ClN10O3S/c1-3-5-19(38)28-15-29-22-31-23(33-24(32-22)36-10-8-35(9-11-36)12-13-37)34-25-27-14-18(40-25)21(39)30-20-16(2)6-4-7-17(20)26/h4,6-7,14,21,30,37,39H,8-13,15H2,1-2H3,(H,28,38)(H2,27,29,31,32,33,34). The van der Waals surface area contributed by atoms with Crippen molar-refractivity contribution in [3.05, 3.63) is 39.9 Å². The molecule has 40 heavy (non-hydrogen) atoms. The van der Waals surface area contributed by atoms with E-state index in [0.29, 0.717) is 46.3 Å². The first-order valence-electron chi connectivity index (χ1n) is 12.6. The van der Waals surface area contributed by atoms with Crippen LogP contribution < -0.4 is 26.2 Å². The predicted molar refractivity (Wildman–Crippen MR) is 156 cm³/mol. The van der Waals surface area contributed by atoms with Crippen LogP contribution in [-0.2, 0) is 4.79 Å². The smallest absolute Gasteiger partial charge is 0.297 e. The fraction of sp³-hybridized carbons (Fsp3) is 0.400. The van der Waals surface area contributed by atoms with Gasteiger partial charge in [0.15, 0.2) is 11.4 Å². The molecule has 1 amide bonds. The summed E-state index contributed by atoms with van der Waals surface area (Å²) in [5.74, 6) is 5.49. The minimum Gasteiger partial charge on any atom is -0.395 e. The van der Waals surface area contributed by atoms with E-state index in [1.54, 1.807) is 19.2 Å². The number of hydrogen-bond donors (Lipinski definition) is 6. The summed E-state index contributed by atoms with van der Waals surface area (Å²) in [6, 6.07) is 5.50. The van der Waals surface area contributed by atoms with Crippen LogP contribution in [0.15, 0.2) is 24.4 Å². The van der Waals surface area contributed by atoms with E-state index in [1.165, 1.54) is 11.3 Å². The van der Waals surface area contributed by atoms with Crippen molar-refractivity contribution in [1.82, 2.24) is 30.2 Å². The molecule has 1 aliphatic rings. The Morgan fingerprint density at radius 1 is 1.20 bits per heavy atom. The van der Waals surface area contributed by atoms with E-state index in [1.807, 2.05) is 24.0 Å². The number of rotatable bonds is 11. The van der Waals surface area contributed by atoms with Crippen molar-refractivity contribution in [2.45, 2.75) is 20.1 Å². The van der Waals surface area contributed by atoms with Crippen LogP contribution in [0.2, 0.25) is 5.02 Å². The maximum Gasteiger partial charge on any atom is 0.297 e. The number of nitrogens with zero attached hydrogens (tertiary/aromatic N) is 6. The molecule has 0 saturated carbocycles. The van der Waals surface area contributed by atoms with E-state index in [0.717, 1.165) is 18.7 Å². The first-order valence-corrected chi connectivity index (χ1v) is 13.8. The molecule has 1 aromatic carbocycles. The number of carbonyl (C=O) groups excluding carboxylic acids is 1. The number of halogens is 1. The van der Waals surface area contributed by atoms with E-state index in [9.17, 15) is 15.0 Å². The number of nitrogens with one attached hydrogen (secondary N) is 4. The third-order valence-corrected chi connectivity index (χ3v) is 7.22. The lowest BCUT2D eigenvalue weighted by Gasteiger charge is -2.34. The zero-order valence-corrected chi connectivity index (χ0v) is 23.7. The summed E-state index contributed by atoms with van der Waals surface area (Å²) < 4.78 is 0. The van der Waals surface area contributed by atoms with Crippen LogP contribution in [0, 0.1) is 18.8 Å². The van der Waals surface area contributed by atoms with Gasteiger partial charge in [-0.1, -0.05) is 41.0 Å². The molecule has 1 aliphatic heterocycles. The number of amides is 1. The summed E-state index contributed by atoms with van der Waals surface area (Å²) in [7, 11) is 0. The van der Waals surface area contributed by atoms with Gasteiger partial charge in [0.2, 0.25) is 17.8 Å². The number of carbonyl (C=O) groups is 1. The normalized spacial score (nSPS) is 14.2. The van der Waals surface area contributed by atoms with Crippen molar-refractivity contribution in [2.75, 3.05) is 66.8 Å². The number of thiazole rings is 1. The van der Waals surface area contributed by atoms with E-state index in [4.69, 9.17) is 11.6 Å². The SMILES string of the molecule is CC#CC(=O)NCNc1nc(Nc2ncc(C(O)Nc3c(C)cccc3Cl)s2)nc(N2CCN(CCO)CC2)n1. The summed E-state index contributed by atoms with van der Waals surface area (Å²) in [5, 5.41) is 32.7. The molecule has 1 unspecified atom stereocenters. The van der Waals surface area contributed by atoms with Crippen LogP contribution in [-0.4, -0.2) is 87.0 Å². The van der Waals surface area contributed by atoms with Crippen molar-refractivity contribution < 1.29 is 15.0 Å². The van der Waals surface area contributed by atoms with Crippen LogP contribution >= 0.6 is 22.9 Å². The summed E-state index contributed by atoms with van der Waals surface area (Å²) in [6.07, 6.45) is 0.533. The lowest BCUT2D eigenvalue weighted by atomic mass is 10.2. The summed E-state index contributed by atoms with van der Waals surface area (Å²) in [6.45, 7) is 7.15. The number of anilines is 5. The number of piperazine rings is 1. The number of aryl methyl sites for hydroxylation is 1. The van der Waals surface area contributed by atoms with Crippen LogP contribution in [0.5, 0.6) is 0 Å². The van der Waals surface area contributed by atoms with Gasteiger partial charge in [0.1, 0.15) is 0 Å². The molecule has 13 nitrogen and oxygen atoms in total. The molecule has 2 aromatic heterocycles. The first-order chi connectivity index (χ1) is 19.4. The van der Waals surface area contributed by atoms with Gasteiger partial charge in [-0.15, -0.1) is 0 Å². The van der Waals surface area contributed by atoms with Crippen LogP contribution in [0.4, 0.5) is 28.7 Å². The predicted octanol–water partition coefficient (Wildman–Crippen LogP) is 1.76. The van der Waals surface area contributed by atoms with Crippen molar-refractivity contribution in [1.29, 1.82) is 0 Å². The van der Waals surface area contributed by atoms with Gasteiger partial charge < -0.3 is 31.1 Å². The first kappa shape index (κ1) is 29.2. The number of aliphatic hydroxyl groups excluding tert-OH is 2. The summed E-state index contributed by atoms with van der Waals surface area (Å²) >= 11 is 7.52. The van der Waals surface area contributed by atoms with Crippen molar-refractivity contribution >= 4 is 57.5 Å². The Kier molecular flexibility index (Phi) is 10.3. The molecule has 0 bridgehead atoms. The number of benzene rings is 1. The molecule has 3 aromatic rings. The number of β-amino-alcohol motifs (C(OH)–C–C–N with tert-alkyl or cyclic N) is 1. The van der Waals surface area contributed by atoms with Crippen molar-refractivity contribution in [3.8, 4) is 11.8 Å². The highest BCUT2D eigenvalue weighted by Gasteiger charge is 2.21. The van der Waals surface area contributed by atoms with Crippen LogP contribution in [0.3, 0.4) is 0 Å². The highest BCUT2D eigenvalue weighted by atomic mass is 35.5. The minimum absolute atomic E-state index is 0.0708. The lowest BCUT2D eigenvalue weighted by molar-refractivity contribution is -0.115. The second kappa shape index (κ2) is 14.1. The van der Waals surface area contributed by atoms with Crippen molar-refractivity contribution in [2.24, 2.45) is 0 Å². The molecule has 1 fully saturated rings. The average Bonchev–Trinajstić information content (AvgIpc) is 3.40. The van der Waals surface area contributed by atoms with Crippen LogP contribution in [0.25, 0.3) is 0 Å². The molecule has 212 valence electrons. The molecule has 1 saturated heterocycles. The van der Waals surface area contributed by atoms with Gasteiger partial charge in [0.25, 0.3) is 5.91 Å². The van der Waals surface area contributed by atoms with E-state index in [-0.39, 0.29) is 25.2 Å². The largest absolute Gasteiger partial charge is 0.395 e. The number of para-hydroxylation sites is 1. The van der Waals surface area contributed by atoms with Gasteiger partial charge in [-0.2, -0.15) is 15.0 Å². The monoisotopic (exact) mass is 586 g/mol. The maximum absolute atomic E-state index is 11.7. The van der Waals surface area contributed by atoms with Gasteiger partial charge >= 0.3 is 0 Å². The molecule has 0 aliphatic carbocycles. The number of aliphatic hydroxyl groups is 2. The quantitative estimate of drug-likeness (QED) is 0.143. The Hall–Kier alpha value is -3.74. The fourth-order valence-electron chi connectivity index (χ4n) is 3.90. The Bertz CT molecular complexity index is 1350. The Balaban J connectivity index is 1.49. The summed E-state index contributed by atoms with van der Waals surface area (Å²) in [4.78, 5) is 34.4. The minimum atomic E-state index is -1.03. The molecular formula is C25H31ClN10O3S. The van der Waals surface area contributed by atoms with Crippen molar-refractivity contribution in [3.63, 3.8) is 0 Å². The van der Waals surface area contributed by atoms with E-state index in [2.05, 4.69) is 57.9 Å². The average molecular weight is 587 g/mol. The molecular weight excluding hydrogens is 556 g/mol. The molecule has 1 atom stereocenters. The highest BCUT2D eigenvalue weighted by Crippen LogP contribution is 2.32. The second-order valence-electron chi connectivity index (χ2n) is 8.74. The van der Waals surface area contributed by atoms with Gasteiger partial charge in [-0.05, 0) is 31.4 Å². The zero-order valence-electron chi connectivity index (χ0n) is 22.1. The van der Waals surface area contributed by atoms with Crippen LogP contribution in [0.1, 0.15) is 23.6 Å². The van der Waals surface area contributed by atoms with Gasteiger partial charge in [0.05, 0.1) is 28.9 Å². The van der Waals surface area contributed by atoms with Gasteiger partial charge in [0, 0.05) is 38.9 Å². The summed E-state index contributed by atoms with van der Waals surface area (Å²) in [5.41, 5.74) is 1.55. The third-order valence-electron chi connectivity index (χ3n) is 5.94. The molecule has 0 radical (unpaired) electrons. The molecule has 15 heteroatoms.